The van der Waals surface area contributed by atoms with E-state index in [1.165, 1.54) is 153 Å². The summed E-state index contributed by atoms with van der Waals surface area (Å²) in [4.78, 5) is 0. The Hall–Kier alpha value is -0.952. The van der Waals surface area contributed by atoms with Crippen LogP contribution in [0.5, 0.6) is 0 Å². The van der Waals surface area contributed by atoms with Crippen molar-refractivity contribution in [3.8, 4) is 0 Å². The first kappa shape index (κ1) is 36.3. The second-order valence-corrected chi connectivity index (χ2v) is 27.5. The maximum absolute atomic E-state index is 4.62. The molecular weight excluding hydrogens is 617 g/mol. The van der Waals surface area contributed by atoms with Gasteiger partial charge in [0.05, 0.1) is 35.2 Å². The molecule has 4 fully saturated rings. The van der Waals surface area contributed by atoms with Crippen molar-refractivity contribution in [2.45, 2.75) is 153 Å². The predicted octanol–water partition coefficient (Wildman–Crippen LogP) is 8.65. The van der Waals surface area contributed by atoms with E-state index in [2.05, 4.69) is 61.2 Å². The minimum Gasteiger partial charge on any atom is -0.107 e. The van der Waals surface area contributed by atoms with Crippen LogP contribution >= 0.6 is 0 Å². The molecule has 4 saturated carbocycles. The van der Waals surface area contributed by atoms with E-state index in [1.54, 1.807) is 0 Å². The zero-order valence-corrected chi connectivity index (χ0v) is 34.5. The summed E-state index contributed by atoms with van der Waals surface area (Å²) in [6, 6.07) is 11.6. The van der Waals surface area contributed by atoms with Gasteiger partial charge in [0, 0.05) is 0 Å². The SMILES string of the molecule is C=C[SiH](CC1CCCCC1)c1cc([SiH](C=C)CC2CCCCC2)c([SiH](C=C)CC2CCCCC2)cc1[SiH](C=C)CC1CCCCC1. The van der Waals surface area contributed by atoms with Crippen LogP contribution in [0.3, 0.4) is 0 Å². The molecule has 4 aliphatic carbocycles. The lowest BCUT2D eigenvalue weighted by Crippen LogP contribution is -2.58. The summed E-state index contributed by atoms with van der Waals surface area (Å²) < 4.78 is 0. The molecule has 1 aromatic rings. The molecule has 0 saturated heterocycles. The van der Waals surface area contributed by atoms with Crippen molar-refractivity contribution in [2.24, 2.45) is 23.7 Å². The monoisotopic (exact) mass is 686 g/mol. The average Bonchev–Trinajstić information content (AvgIpc) is 3.12. The minimum atomic E-state index is -1.30. The van der Waals surface area contributed by atoms with Crippen LogP contribution in [0.4, 0.5) is 0 Å². The Morgan fingerprint density at radius 2 is 0.565 bits per heavy atom. The van der Waals surface area contributed by atoms with Crippen molar-refractivity contribution in [3.05, 3.63) is 61.2 Å². The van der Waals surface area contributed by atoms with Crippen molar-refractivity contribution in [3.63, 3.8) is 0 Å². The zero-order valence-electron chi connectivity index (χ0n) is 29.9. The third-order valence-corrected chi connectivity index (χ3v) is 26.1. The fourth-order valence-corrected chi connectivity index (χ4v) is 24.6. The standard InChI is InChI=1S/C42H70Si4/c1-5-43(31-35-21-13-9-14-22-35)39-29-41(45(7-3)33-37-25-17-11-18-26-37)42(46(8-4)34-38-27-19-12-20-28-38)30-40(39)44(6-2)32-36-23-15-10-16-24-36/h5-8,29-30,35-38,43-46H,1-4,9-28,31-34H2. The molecule has 0 heterocycles. The van der Waals surface area contributed by atoms with Gasteiger partial charge in [0.1, 0.15) is 0 Å². The second-order valence-electron chi connectivity index (χ2n) is 16.4. The number of hydrogen-bond acceptors (Lipinski definition) is 0. The van der Waals surface area contributed by atoms with E-state index < -0.39 is 35.2 Å². The number of rotatable bonds is 16. The highest BCUT2D eigenvalue weighted by Crippen LogP contribution is 2.31. The molecule has 0 N–H and O–H groups in total. The van der Waals surface area contributed by atoms with Gasteiger partial charge in [-0.1, -0.05) is 161 Å². The first-order valence-corrected chi connectivity index (χ1v) is 28.5. The van der Waals surface area contributed by atoms with E-state index in [9.17, 15) is 0 Å². The van der Waals surface area contributed by atoms with Gasteiger partial charge in [-0.25, -0.2) is 0 Å². The molecule has 4 unspecified atom stereocenters. The molecule has 5 rings (SSSR count). The highest BCUT2D eigenvalue weighted by Gasteiger charge is 2.32. The van der Waals surface area contributed by atoms with Gasteiger partial charge < -0.3 is 0 Å². The van der Waals surface area contributed by atoms with E-state index in [1.807, 2.05) is 20.7 Å². The Balaban J connectivity index is 1.59. The molecule has 46 heavy (non-hydrogen) atoms. The lowest BCUT2D eigenvalue weighted by Gasteiger charge is -2.33. The van der Waals surface area contributed by atoms with Crippen LogP contribution in [0.25, 0.3) is 0 Å². The molecular formula is C42H70Si4. The smallest absolute Gasteiger partial charge is 0.0935 e. The van der Waals surface area contributed by atoms with E-state index in [0.29, 0.717) is 0 Å². The van der Waals surface area contributed by atoms with Crippen LogP contribution in [-0.4, -0.2) is 35.2 Å². The molecule has 4 aliphatic rings. The van der Waals surface area contributed by atoms with E-state index in [0.717, 1.165) is 23.7 Å². The molecule has 0 spiro atoms. The molecule has 1 aromatic carbocycles. The molecule has 0 aliphatic heterocycles. The van der Waals surface area contributed by atoms with Crippen molar-refractivity contribution >= 4 is 55.9 Å². The van der Waals surface area contributed by atoms with Crippen LogP contribution in [0.15, 0.2) is 61.2 Å². The van der Waals surface area contributed by atoms with Crippen LogP contribution in [0.2, 0.25) is 24.2 Å². The van der Waals surface area contributed by atoms with Crippen LogP contribution in [-0.2, 0) is 0 Å². The molecule has 0 aromatic heterocycles. The van der Waals surface area contributed by atoms with Crippen molar-refractivity contribution in [1.29, 1.82) is 0 Å². The Labute approximate surface area is 292 Å². The summed E-state index contributed by atoms with van der Waals surface area (Å²) in [6.07, 6.45) is 29.1. The maximum atomic E-state index is 4.62. The summed E-state index contributed by atoms with van der Waals surface area (Å²) in [6.45, 7) is 18.5. The largest absolute Gasteiger partial charge is 0.107 e. The lowest BCUT2D eigenvalue weighted by atomic mass is 9.91. The molecule has 254 valence electrons. The molecule has 4 atom stereocenters. The Bertz CT molecular complexity index is 931. The van der Waals surface area contributed by atoms with Gasteiger partial charge >= 0.3 is 0 Å². The zero-order chi connectivity index (χ0) is 32.1. The maximum Gasteiger partial charge on any atom is 0.0935 e. The van der Waals surface area contributed by atoms with E-state index in [-0.39, 0.29) is 0 Å². The first-order chi connectivity index (χ1) is 22.6. The lowest BCUT2D eigenvalue weighted by molar-refractivity contribution is 0.383. The average molecular weight is 687 g/mol. The topological polar surface area (TPSA) is 0 Å². The Morgan fingerprint density at radius 1 is 0.370 bits per heavy atom. The van der Waals surface area contributed by atoms with Crippen LogP contribution in [0, 0.1) is 23.7 Å². The van der Waals surface area contributed by atoms with Gasteiger partial charge in [-0.2, -0.15) is 0 Å². The number of hydrogen-bond donors (Lipinski definition) is 0. The summed E-state index contributed by atoms with van der Waals surface area (Å²) in [5, 5.41) is 7.35. The van der Waals surface area contributed by atoms with Gasteiger partial charge in [0.15, 0.2) is 0 Å². The normalized spacial score (nSPS) is 23.7. The van der Waals surface area contributed by atoms with Gasteiger partial charge in [0.2, 0.25) is 0 Å². The van der Waals surface area contributed by atoms with Crippen molar-refractivity contribution < 1.29 is 0 Å². The summed E-state index contributed by atoms with van der Waals surface area (Å²) in [7, 11) is -5.22. The third kappa shape index (κ3) is 10.0. The second kappa shape index (κ2) is 19.3. The molecule has 0 bridgehead atoms. The van der Waals surface area contributed by atoms with Crippen LogP contribution < -0.4 is 20.7 Å². The van der Waals surface area contributed by atoms with E-state index >= 15 is 0 Å². The van der Waals surface area contributed by atoms with Crippen molar-refractivity contribution in [2.75, 3.05) is 0 Å². The van der Waals surface area contributed by atoms with Gasteiger partial charge in [-0.15, -0.1) is 49.1 Å². The number of benzene rings is 1. The first-order valence-electron chi connectivity index (χ1n) is 20.3. The summed E-state index contributed by atoms with van der Waals surface area (Å²) in [5.41, 5.74) is 10.1. The van der Waals surface area contributed by atoms with E-state index in [4.69, 9.17) is 0 Å². The molecule has 0 nitrogen and oxygen atoms in total. The third-order valence-electron chi connectivity index (χ3n) is 13.3. The van der Waals surface area contributed by atoms with Crippen molar-refractivity contribution in [1.82, 2.24) is 0 Å². The van der Waals surface area contributed by atoms with Gasteiger partial charge in [-0.3, -0.25) is 0 Å². The minimum absolute atomic E-state index is 0.929. The fourth-order valence-electron chi connectivity index (χ4n) is 10.5. The molecule has 4 heteroatoms. The fraction of sp³-hybridized carbons (Fsp3) is 0.667. The highest BCUT2D eigenvalue weighted by molar-refractivity contribution is 6.92. The summed E-state index contributed by atoms with van der Waals surface area (Å²) >= 11 is 0. The predicted molar refractivity (Wildman–Crippen MR) is 220 cm³/mol. The molecule has 0 amide bonds. The summed E-state index contributed by atoms with van der Waals surface area (Å²) in [5.74, 6) is 3.71. The van der Waals surface area contributed by atoms with Gasteiger partial charge in [0.25, 0.3) is 0 Å². The molecule has 0 radical (unpaired) electrons. The Kier molecular flexibility index (Phi) is 15.2. The van der Waals surface area contributed by atoms with Gasteiger partial charge in [-0.05, 0) is 47.8 Å². The quantitative estimate of drug-likeness (QED) is 0.153. The van der Waals surface area contributed by atoms with Crippen LogP contribution in [0.1, 0.15) is 128 Å². The Morgan fingerprint density at radius 3 is 0.739 bits per heavy atom. The highest BCUT2D eigenvalue weighted by atomic mass is 28.3.